The third-order valence-corrected chi connectivity index (χ3v) is 3.34. The molecule has 28 heavy (non-hydrogen) atoms. The van der Waals surface area contributed by atoms with Crippen molar-refractivity contribution in [1.82, 2.24) is 5.32 Å². The van der Waals surface area contributed by atoms with Crippen molar-refractivity contribution in [3.05, 3.63) is 35.4 Å². The van der Waals surface area contributed by atoms with Crippen LogP contribution in [0.4, 0.5) is 0 Å². The number of rotatable bonds is 5. The minimum atomic E-state index is 0.183. The molecule has 1 aromatic carbocycles. The van der Waals surface area contributed by atoms with Crippen LogP contribution in [0, 0.1) is 6.92 Å². The second-order valence-electron chi connectivity index (χ2n) is 6.36. The van der Waals surface area contributed by atoms with Crippen LogP contribution in [0.25, 0.3) is 0 Å². The summed E-state index contributed by atoms with van der Waals surface area (Å²) in [5.74, 6) is 0.653. The highest BCUT2D eigenvalue weighted by Crippen LogP contribution is 2.13. The van der Waals surface area contributed by atoms with Gasteiger partial charge < -0.3 is 15.2 Å². The SMILES string of the molecule is CC.CC.CC.CCC(C)(C)NCCO.COC.Cc1ccc(C(C)C)cc1. The van der Waals surface area contributed by atoms with Crippen molar-refractivity contribution in [1.29, 1.82) is 0 Å². The molecule has 2 N–H and O–H groups in total. The molecule has 3 heteroatoms. The monoisotopic (exact) mass is 401 g/mol. The van der Waals surface area contributed by atoms with Gasteiger partial charge in [0.2, 0.25) is 0 Å². The van der Waals surface area contributed by atoms with Gasteiger partial charge in [0.05, 0.1) is 6.61 Å². The maximum Gasteiger partial charge on any atom is 0.0556 e. The van der Waals surface area contributed by atoms with E-state index in [2.05, 4.69) is 75.9 Å². The Morgan fingerprint density at radius 3 is 1.54 bits per heavy atom. The normalized spacial score (nSPS) is 8.86. The molecule has 0 heterocycles. The van der Waals surface area contributed by atoms with Gasteiger partial charge in [-0.3, -0.25) is 0 Å². The zero-order chi connectivity index (χ0) is 23.6. The molecule has 0 atom stereocenters. The molecule has 1 rings (SSSR count). The lowest BCUT2D eigenvalue weighted by Crippen LogP contribution is -2.40. The first-order chi connectivity index (χ1) is 13.2. The van der Waals surface area contributed by atoms with E-state index in [9.17, 15) is 0 Å². The molecule has 172 valence electrons. The first kappa shape index (κ1) is 37.8. The van der Waals surface area contributed by atoms with Gasteiger partial charge in [-0.15, -0.1) is 0 Å². The molecule has 0 saturated heterocycles. The van der Waals surface area contributed by atoms with Crippen LogP contribution >= 0.6 is 0 Å². The number of benzene rings is 1. The second kappa shape index (κ2) is 30.8. The molecule has 0 unspecified atom stereocenters. The summed E-state index contributed by atoms with van der Waals surface area (Å²) in [4.78, 5) is 0. The quantitative estimate of drug-likeness (QED) is 0.547. The van der Waals surface area contributed by atoms with Crippen molar-refractivity contribution in [2.24, 2.45) is 0 Å². The van der Waals surface area contributed by atoms with Crippen molar-refractivity contribution >= 4 is 0 Å². The molecule has 1 aromatic rings. The lowest BCUT2D eigenvalue weighted by Gasteiger charge is -2.23. The third-order valence-electron chi connectivity index (χ3n) is 3.34. The fourth-order valence-electron chi connectivity index (χ4n) is 1.47. The minimum absolute atomic E-state index is 0.183. The average molecular weight is 402 g/mol. The molecule has 0 aliphatic rings. The summed E-state index contributed by atoms with van der Waals surface area (Å²) in [6.07, 6.45) is 1.09. The number of ether oxygens (including phenoxy) is 1. The van der Waals surface area contributed by atoms with Gasteiger partial charge in [0.15, 0.2) is 0 Å². The second-order valence-corrected chi connectivity index (χ2v) is 6.36. The van der Waals surface area contributed by atoms with Crippen molar-refractivity contribution < 1.29 is 9.84 Å². The number of aliphatic hydroxyl groups excluding tert-OH is 1. The van der Waals surface area contributed by atoms with Crippen LogP contribution in [0.2, 0.25) is 0 Å². The average Bonchev–Trinajstić information content (AvgIpc) is 2.72. The molecule has 0 radical (unpaired) electrons. The molecule has 0 fully saturated rings. The zero-order valence-corrected chi connectivity index (χ0v) is 21.9. The fraction of sp³-hybridized carbons (Fsp3) is 0.760. The lowest BCUT2D eigenvalue weighted by atomic mass is 10.0. The number of hydrogen-bond acceptors (Lipinski definition) is 3. The Morgan fingerprint density at radius 2 is 1.29 bits per heavy atom. The molecular formula is C25H55NO2. The van der Waals surface area contributed by atoms with E-state index in [1.165, 1.54) is 11.1 Å². The third kappa shape index (κ3) is 32.7. The summed E-state index contributed by atoms with van der Waals surface area (Å²) in [5, 5.41) is 11.7. The molecular weight excluding hydrogens is 346 g/mol. The Balaban J connectivity index is -0.0000000899. The van der Waals surface area contributed by atoms with Gasteiger partial charge in [-0.1, -0.05) is 92.1 Å². The molecule has 0 spiro atoms. The summed E-state index contributed by atoms with van der Waals surface area (Å²) in [5.41, 5.74) is 2.94. The van der Waals surface area contributed by atoms with Crippen molar-refractivity contribution in [3.8, 4) is 0 Å². The molecule has 3 nitrogen and oxygen atoms in total. The summed E-state index contributed by atoms with van der Waals surface area (Å²) >= 11 is 0. The predicted molar refractivity (Wildman–Crippen MR) is 132 cm³/mol. The van der Waals surface area contributed by atoms with Gasteiger partial charge >= 0.3 is 0 Å². The van der Waals surface area contributed by atoms with Crippen LogP contribution < -0.4 is 5.32 Å². The van der Waals surface area contributed by atoms with E-state index in [0.29, 0.717) is 12.5 Å². The molecule has 0 aromatic heterocycles. The molecule has 0 bridgehead atoms. The van der Waals surface area contributed by atoms with Gasteiger partial charge in [0.1, 0.15) is 0 Å². The van der Waals surface area contributed by atoms with Crippen molar-refractivity contribution in [3.63, 3.8) is 0 Å². The van der Waals surface area contributed by atoms with Gasteiger partial charge in [-0.05, 0) is 38.7 Å². The van der Waals surface area contributed by atoms with Gasteiger partial charge in [0, 0.05) is 26.3 Å². The van der Waals surface area contributed by atoms with E-state index in [0.717, 1.165) is 6.42 Å². The molecule has 0 aliphatic carbocycles. The minimum Gasteiger partial charge on any atom is -0.395 e. The number of aliphatic hydroxyl groups is 1. The number of nitrogens with one attached hydrogen (secondary N) is 1. The first-order valence-electron chi connectivity index (χ1n) is 11.1. The predicted octanol–water partition coefficient (Wildman–Crippen LogP) is 7.22. The van der Waals surface area contributed by atoms with Crippen molar-refractivity contribution in [2.45, 2.75) is 101 Å². The van der Waals surface area contributed by atoms with Gasteiger partial charge in [-0.25, -0.2) is 0 Å². The topological polar surface area (TPSA) is 41.5 Å². The van der Waals surface area contributed by atoms with Crippen LogP contribution in [-0.2, 0) is 4.74 Å². The molecule has 0 amide bonds. The van der Waals surface area contributed by atoms with E-state index in [-0.39, 0.29) is 12.1 Å². The summed E-state index contributed by atoms with van der Waals surface area (Å²) in [6.45, 7) is 25.8. The van der Waals surface area contributed by atoms with Crippen LogP contribution in [0.3, 0.4) is 0 Å². The lowest BCUT2D eigenvalue weighted by molar-refractivity contribution is 0.263. The standard InChI is InChI=1S/C10H14.C7H17NO.C2H6O.3C2H6/c1-8(2)10-6-4-9(3)5-7-10;1-4-7(2,3)8-5-6-9;1-3-2;3*1-2/h4-8H,1-3H3;8-9H,4-6H2,1-3H3;1-2H3;3*1-2H3. The van der Waals surface area contributed by atoms with Crippen LogP contribution in [-0.4, -0.2) is 38.0 Å². The maximum atomic E-state index is 8.46. The fourth-order valence-corrected chi connectivity index (χ4v) is 1.47. The number of aryl methyl sites for hydroxylation is 1. The van der Waals surface area contributed by atoms with Crippen LogP contribution in [0.15, 0.2) is 24.3 Å². The summed E-state index contributed by atoms with van der Waals surface area (Å²) < 4.78 is 4.25. The summed E-state index contributed by atoms with van der Waals surface area (Å²) in [6, 6.07) is 8.71. The Morgan fingerprint density at radius 1 is 0.929 bits per heavy atom. The number of methoxy groups -OCH3 is 1. The highest BCUT2D eigenvalue weighted by molar-refractivity contribution is 5.23. The Labute approximate surface area is 179 Å². The van der Waals surface area contributed by atoms with E-state index in [4.69, 9.17) is 5.11 Å². The van der Waals surface area contributed by atoms with Gasteiger partial charge in [0.25, 0.3) is 0 Å². The van der Waals surface area contributed by atoms with E-state index >= 15 is 0 Å². The molecule has 0 aliphatic heterocycles. The van der Waals surface area contributed by atoms with Crippen LogP contribution in [0.1, 0.15) is 99.6 Å². The first-order valence-corrected chi connectivity index (χ1v) is 11.1. The zero-order valence-electron chi connectivity index (χ0n) is 21.9. The number of hydrogen-bond donors (Lipinski definition) is 2. The Kier molecular flexibility index (Phi) is 41.6. The highest BCUT2D eigenvalue weighted by Gasteiger charge is 2.11. The maximum absolute atomic E-state index is 8.46. The van der Waals surface area contributed by atoms with Gasteiger partial charge in [-0.2, -0.15) is 0 Å². The van der Waals surface area contributed by atoms with E-state index in [1.807, 2.05) is 41.5 Å². The van der Waals surface area contributed by atoms with Crippen molar-refractivity contribution in [2.75, 3.05) is 27.4 Å². The number of β-amino-alcohol motifs (C(OH)–C–C–N with tert-alkyl or cyclic N) is 1. The summed E-state index contributed by atoms with van der Waals surface area (Å²) in [7, 11) is 3.25. The largest absolute Gasteiger partial charge is 0.395 e. The smallest absolute Gasteiger partial charge is 0.0556 e. The molecule has 0 saturated carbocycles. The Hall–Kier alpha value is -0.900. The van der Waals surface area contributed by atoms with E-state index < -0.39 is 0 Å². The van der Waals surface area contributed by atoms with Crippen LogP contribution in [0.5, 0.6) is 0 Å². The van der Waals surface area contributed by atoms with E-state index in [1.54, 1.807) is 14.2 Å². The Bertz CT molecular complexity index is 346. The highest BCUT2D eigenvalue weighted by atomic mass is 16.4.